The summed E-state index contributed by atoms with van der Waals surface area (Å²) in [4.78, 5) is 21.3. The van der Waals surface area contributed by atoms with Gasteiger partial charge in [0.15, 0.2) is 0 Å². The highest BCUT2D eigenvalue weighted by Crippen LogP contribution is 2.22. The summed E-state index contributed by atoms with van der Waals surface area (Å²) >= 11 is 0. The minimum Gasteiger partial charge on any atom is -0.497 e. The molecule has 4 heteroatoms. The fraction of sp³-hybridized carbons (Fsp3) is 0.500. The summed E-state index contributed by atoms with van der Waals surface area (Å²) in [7, 11) is 0. The topological polar surface area (TPSA) is 63.6 Å². The van der Waals surface area contributed by atoms with Crippen LogP contribution in [0.5, 0.6) is 0 Å². The molecule has 0 aromatic carbocycles. The van der Waals surface area contributed by atoms with Crippen LogP contribution >= 0.6 is 0 Å². The predicted octanol–water partition coefficient (Wildman–Crippen LogP) is 0.724. The summed E-state index contributed by atoms with van der Waals surface area (Å²) in [6.45, 7) is 2.26. The van der Waals surface area contributed by atoms with Gasteiger partial charge in [0.2, 0.25) is 0 Å². The Morgan fingerprint density at radius 3 is 2.75 bits per heavy atom. The van der Waals surface area contributed by atoms with Crippen molar-refractivity contribution in [3.63, 3.8) is 0 Å². The van der Waals surface area contributed by atoms with E-state index in [1.807, 2.05) is 6.92 Å². The van der Waals surface area contributed by atoms with E-state index in [0.717, 1.165) is 0 Å². The predicted molar refractivity (Wildman–Crippen MR) is 40.5 cm³/mol. The van der Waals surface area contributed by atoms with Crippen molar-refractivity contribution in [1.29, 1.82) is 0 Å². The SMILES string of the molecule is CCC1=C(C(=O)C(=O)O)CCO1. The molecule has 0 unspecified atom stereocenters. The van der Waals surface area contributed by atoms with Gasteiger partial charge in [-0.15, -0.1) is 0 Å². The molecule has 1 N–H and O–H groups in total. The van der Waals surface area contributed by atoms with Gasteiger partial charge in [-0.05, 0) is 0 Å². The van der Waals surface area contributed by atoms with E-state index in [1.54, 1.807) is 0 Å². The molecule has 1 aliphatic rings. The molecule has 0 saturated carbocycles. The maximum atomic E-state index is 11.0. The molecule has 0 amide bonds. The molecule has 1 aliphatic heterocycles. The first-order valence-electron chi connectivity index (χ1n) is 3.79. The highest BCUT2D eigenvalue weighted by molar-refractivity contribution is 6.39. The van der Waals surface area contributed by atoms with E-state index in [9.17, 15) is 9.59 Å². The van der Waals surface area contributed by atoms with Crippen LogP contribution in [0.4, 0.5) is 0 Å². The number of Topliss-reactive ketones (excluding diaryl/α,β-unsaturated/α-hetero) is 1. The van der Waals surface area contributed by atoms with E-state index >= 15 is 0 Å². The highest BCUT2D eigenvalue weighted by atomic mass is 16.5. The van der Waals surface area contributed by atoms with Crippen LogP contribution in [0.25, 0.3) is 0 Å². The Morgan fingerprint density at radius 1 is 1.58 bits per heavy atom. The summed E-state index contributed by atoms with van der Waals surface area (Å²) < 4.78 is 5.08. The Balaban J connectivity index is 2.85. The van der Waals surface area contributed by atoms with Crippen molar-refractivity contribution in [2.45, 2.75) is 19.8 Å². The number of allylic oxidation sites excluding steroid dienone is 1. The van der Waals surface area contributed by atoms with E-state index < -0.39 is 11.8 Å². The number of aliphatic carboxylic acids is 1. The van der Waals surface area contributed by atoms with Crippen LogP contribution in [-0.2, 0) is 14.3 Å². The molecule has 0 aromatic rings. The zero-order valence-electron chi connectivity index (χ0n) is 6.79. The number of carboxylic acids is 1. The van der Waals surface area contributed by atoms with Crippen molar-refractivity contribution < 1.29 is 19.4 Å². The third-order valence-electron chi connectivity index (χ3n) is 1.75. The number of carboxylic acid groups (broad SMARTS) is 1. The number of carbonyl (C=O) groups is 2. The van der Waals surface area contributed by atoms with Crippen LogP contribution < -0.4 is 0 Å². The van der Waals surface area contributed by atoms with Crippen LogP contribution in [-0.4, -0.2) is 23.5 Å². The fourth-order valence-electron chi connectivity index (χ4n) is 1.19. The minimum absolute atomic E-state index is 0.324. The lowest BCUT2D eigenvalue weighted by Gasteiger charge is -1.99. The van der Waals surface area contributed by atoms with E-state index in [4.69, 9.17) is 9.84 Å². The van der Waals surface area contributed by atoms with Crippen molar-refractivity contribution in [3.05, 3.63) is 11.3 Å². The summed E-state index contributed by atoms with van der Waals surface area (Å²) in [6.07, 6.45) is 1.00. The Morgan fingerprint density at radius 2 is 2.25 bits per heavy atom. The lowest BCUT2D eigenvalue weighted by molar-refractivity contribution is -0.147. The Hall–Kier alpha value is -1.32. The van der Waals surface area contributed by atoms with E-state index in [1.165, 1.54) is 0 Å². The average Bonchev–Trinajstić information content (AvgIpc) is 2.49. The van der Waals surface area contributed by atoms with E-state index in [-0.39, 0.29) is 0 Å². The molecule has 0 aliphatic carbocycles. The standard InChI is InChI=1S/C8H10O4/c1-2-6-5(3-4-12-6)7(9)8(10)11/h2-4H2,1H3,(H,10,11). The van der Waals surface area contributed by atoms with Gasteiger partial charge < -0.3 is 9.84 Å². The summed E-state index contributed by atoms with van der Waals surface area (Å²) in [5, 5.41) is 8.42. The average molecular weight is 170 g/mol. The summed E-state index contributed by atoms with van der Waals surface area (Å²) in [5.74, 6) is -1.70. The largest absolute Gasteiger partial charge is 0.497 e. The van der Waals surface area contributed by atoms with E-state index in [0.29, 0.717) is 30.8 Å². The van der Waals surface area contributed by atoms with Gasteiger partial charge in [-0.2, -0.15) is 0 Å². The first-order valence-corrected chi connectivity index (χ1v) is 3.79. The zero-order valence-corrected chi connectivity index (χ0v) is 6.79. The molecule has 4 nitrogen and oxygen atoms in total. The van der Waals surface area contributed by atoms with Gasteiger partial charge in [-0.25, -0.2) is 4.79 Å². The second-order valence-electron chi connectivity index (χ2n) is 2.49. The van der Waals surface area contributed by atoms with Gasteiger partial charge in [0.25, 0.3) is 5.78 Å². The normalized spacial score (nSPS) is 16.1. The molecule has 0 bridgehead atoms. The smallest absolute Gasteiger partial charge is 0.377 e. The lowest BCUT2D eigenvalue weighted by Crippen LogP contribution is -2.15. The maximum absolute atomic E-state index is 11.0. The third-order valence-corrected chi connectivity index (χ3v) is 1.75. The molecule has 66 valence electrons. The molecular weight excluding hydrogens is 160 g/mol. The van der Waals surface area contributed by atoms with Gasteiger partial charge in [0.05, 0.1) is 6.61 Å². The molecule has 1 heterocycles. The third kappa shape index (κ3) is 1.47. The number of ether oxygens (including phenoxy) is 1. The molecular formula is C8H10O4. The number of hydrogen-bond donors (Lipinski definition) is 1. The monoisotopic (exact) mass is 170 g/mol. The van der Waals surface area contributed by atoms with Crippen LogP contribution in [0.3, 0.4) is 0 Å². The molecule has 0 spiro atoms. The number of carbonyl (C=O) groups excluding carboxylic acids is 1. The first kappa shape index (κ1) is 8.77. The van der Waals surface area contributed by atoms with Gasteiger partial charge in [0.1, 0.15) is 5.76 Å². The Kier molecular flexibility index (Phi) is 2.47. The number of hydrogen-bond acceptors (Lipinski definition) is 3. The molecule has 0 saturated heterocycles. The first-order chi connectivity index (χ1) is 5.66. The minimum atomic E-state index is -1.40. The van der Waals surface area contributed by atoms with Crippen LogP contribution in [0.1, 0.15) is 19.8 Å². The van der Waals surface area contributed by atoms with Crippen molar-refractivity contribution in [3.8, 4) is 0 Å². The van der Waals surface area contributed by atoms with Gasteiger partial charge in [0, 0.05) is 18.4 Å². The molecule has 0 atom stereocenters. The highest BCUT2D eigenvalue weighted by Gasteiger charge is 2.25. The van der Waals surface area contributed by atoms with Crippen molar-refractivity contribution >= 4 is 11.8 Å². The van der Waals surface area contributed by atoms with E-state index in [2.05, 4.69) is 0 Å². The maximum Gasteiger partial charge on any atom is 0.377 e. The Labute approximate surface area is 69.8 Å². The van der Waals surface area contributed by atoms with Gasteiger partial charge >= 0.3 is 5.97 Å². The van der Waals surface area contributed by atoms with Crippen LogP contribution in [0, 0.1) is 0 Å². The van der Waals surface area contributed by atoms with Crippen molar-refractivity contribution in [2.24, 2.45) is 0 Å². The molecule has 1 rings (SSSR count). The fourth-order valence-corrected chi connectivity index (χ4v) is 1.19. The van der Waals surface area contributed by atoms with Gasteiger partial charge in [-0.3, -0.25) is 4.79 Å². The Bertz CT molecular complexity index is 252. The number of ketones is 1. The molecule has 0 radical (unpaired) electrons. The zero-order chi connectivity index (χ0) is 9.14. The van der Waals surface area contributed by atoms with Crippen molar-refractivity contribution in [2.75, 3.05) is 6.61 Å². The summed E-state index contributed by atoms with van der Waals surface area (Å²) in [6, 6.07) is 0. The van der Waals surface area contributed by atoms with Crippen LogP contribution in [0.15, 0.2) is 11.3 Å². The van der Waals surface area contributed by atoms with Gasteiger partial charge in [-0.1, -0.05) is 6.92 Å². The molecule has 0 aromatic heterocycles. The van der Waals surface area contributed by atoms with Crippen LogP contribution in [0.2, 0.25) is 0 Å². The quantitative estimate of drug-likeness (QED) is 0.634. The number of rotatable bonds is 3. The lowest BCUT2D eigenvalue weighted by atomic mass is 10.1. The molecule has 0 fully saturated rings. The molecule has 12 heavy (non-hydrogen) atoms. The summed E-state index contributed by atoms with van der Waals surface area (Å²) in [5.41, 5.74) is 0.324. The second-order valence-corrected chi connectivity index (χ2v) is 2.49. The second kappa shape index (κ2) is 3.38. The van der Waals surface area contributed by atoms with Crippen molar-refractivity contribution in [1.82, 2.24) is 0 Å².